The van der Waals surface area contributed by atoms with Crippen LogP contribution in [0.4, 0.5) is 0 Å². The average Bonchev–Trinajstić information content (AvgIpc) is 3.08. The zero-order valence-electron chi connectivity index (χ0n) is 30.4. The Balaban J connectivity index is 1.85. The highest BCUT2D eigenvalue weighted by Crippen LogP contribution is 2.34. The van der Waals surface area contributed by atoms with Crippen LogP contribution in [0.2, 0.25) is 0 Å². The van der Waals surface area contributed by atoms with E-state index >= 15 is 0 Å². The Kier molecular flexibility index (Phi) is 9.11. The summed E-state index contributed by atoms with van der Waals surface area (Å²) in [6.45, 7) is 23.5. The normalized spacial score (nSPS) is 12.3. The first-order valence-corrected chi connectivity index (χ1v) is 17.6. The third-order valence-corrected chi connectivity index (χ3v) is 9.94. The molecule has 0 N–H and O–H groups in total. The number of hydrogen-bond acceptors (Lipinski definition) is 2. The Morgan fingerprint density at radius 2 is 1.00 bits per heavy atom. The van der Waals surface area contributed by atoms with Gasteiger partial charge in [0, 0.05) is 33.1 Å². The minimum absolute atomic E-state index is 0.0468. The SMILES string of the molecule is C=C/C=C\c1c(C)c(=O)c2cc3c(cc2n1-c1cc(C(C)C)cc(C(C)C)c1)c(=O)c1ccccc1n3-c1cc(C(C)C)cc(C(C)C)c1. The highest BCUT2D eigenvalue weighted by molar-refractivity contribution is 6.02. The molecular formula is C45H48N2O2. The van der Waals surface area contributed by atoms with Gasteiger partial charge in [-0.2, -0.15) is 0 Å². The van der Waals surface area contributed by atoms with Crippen molar-refractivity contribution < 1.29 is 0 Å². The van der Waals surface area contributed by atoms with Crippen LogP contribution < -0.4 is 10.9 Å². The number of fused-ring (bicyclic) bond motifs is 3. The molecule has 0 spiro atoms. The van der Waals surface area contributed by atoms with Crippen LogP contribution in [0.25, 0.3) is 50.2 Å². The van der Waals surface area contributed by atoms with Gasteiger partial charge in [-0.05, 0) is 107 Å². The predicted octanol–water partition coefficient (Wildman–Crippen LogP) is 11.4. The molecule has 2 aromatic heterocycles. The minimum Gasteiger partial charge on any atom is -0.309 e. The monoisotopic (exact) mass is 648 g/mol. The summed E-state index contributed by atoms with van der Waals surface area (Å²) in [6, 6.07) is 25.2. The van der Waals surface area contributed by atoms with E-state index in [4.69, 9.17) is 0 Å². The Morgan fingerprint density at radius 1 is 0.551 bits per heavy atom. The van der Waals surface area contributed by atoms with Gasteiger partial charge in [0.25, 0.3) is 0 Å². The van der Waals surface area contributed by atoms with E-state index in [1.807, 2.05) is 55.5 Å². The quantitative estimate of drug-likeness (QED) is 0.122. The van der Waals surface area contributed by atoms with Crippen molar-refractivity contribution in [1.82, 2.24) is 9.13 Å². The van der Waals surface area contributed by atoms with Crippen molar-refractivity contribution in [3.05, 3.63) is 145 Å². The van der Waals surface area contributed by atoms with Gasteiger partial charge in [-0.15, -0.1) is 0 Å². The third kappa shape index (κ3) is 5.99. The molecular weight excluding hydrogens is 601 g/mol. The maximum Gasteiger partial charge on any atom is 0.197 e. The highest BCUT2D eigenvalue weighted by atomic mass is 16.1. The Hall–Kier alpha value is -4.96. The predicted molar refractivity (Wildman–Crippen MR) is 210 cm³/mol. The van der Waals surface area contributed by atoms with Crippen molar-refractivity contribution in [1.29, 1.82) is 0 Å². The van der Waals surface area contributed by atoms with E-state index in [2.05, 4.69) is 108 Å². The van der Waals surface area contributed by atoms with Gasteiger partial charge in [0.2, 0.25) is 0 Å². The highest BCUT2D eigenvalue weighted by Gasteiger charge is 2.21. The molecule has 49 heavy (non-hydrogen) atoms. The van der Waals surface area contributed by atoms with Crippen LogP contribution >= 0.6 is 0 Å². The molecule has 6 rings (SSSR count). The van der Waals surface area contributed by atoms with Gasteiger partial charge < -0.3 is 9.13 Å². The average molecular weight is 649 g/mol. The summed E-state index contributed by atoms with van der Waals surface area (Å²) in [5, 5.41) is 1.80. The standard InChI is InChI=1S/C45H48N2O2/c1-11-12-16-40-30(10)44(48)38-24-43-39(25-42(38)46(40)35-20-31(26(2)3)18-32(21-35)27(4)5)45(49)37-15-13-14-17-41(37)47(43)36-22-33(28(6)7)19-34(23-36)29(8)9/h11-29H,1H2,2-10H3/b16-12-. The second kappa shape index (κ2) is 13.2. The number of para-hydroxylation sites is 1. The Bertz CT molecular complexity index is 2360. The fourth-order valence-corrected chi connectivity index (χ4v) is 6.89. The molecule has 0 fully saturated rings. The van der Waals surface area contributed by atoms with E-state index < -0.39 is 0 Å². The molecule has 2 heterocycles. The molecule has 4 nitrogen and oxygen atoms in total. The molecule has 0 amide bonds. The van der Waals surface area contributed by atoms with Crippen LogP contribution in [0.15, 0.2) is 101 Å². The summed E-state index contributed by atoms with van der Waals surface area (Å²) in [6.07, 6.45) is 5.55. The zero-order valence-corrected chi connectivity index (χ0v) is 30.4. The lowest BCUT2D eigenvalue weighted by Crippen LogP contribution is -2.18. The lowest BCUT2D eigenvalue weighted by Gasteiger charge is -2.23. The van der Waals surface area contributed by atoms with Crippen LogP contribution in [-0.2, 0) is 0 Å². The second-order valence-electron chi connectivity index (χ2n) is 14.7. The summed E-state index contributed by atoms with van der Waals surface area (Å²) in [4.78, 5) is 28.9. The number of allylic oxidation sites excluding steroid dienone is 2. The summed E-state index contributed by atoms with van der Waals surface area (Å²) in [5.74, 6) is 1.27. The Morgan fingerprint density at radius 3 is 1.49 bits per heavy atom. The minimum atomic E-state index is -0.0492. The molecule has 6 aromatic rings. The van der Waals surface area contributed by atoms with Gasteiger partial charge in [-0.1, -0.05) is 98.4 Å². The first kappa shape index (κ1) is 33.9. The van der Waals surface area contributed by atoms with Gasteiger partial charge in [0.1, 0.15) is 0 Å². The molecule has 4 aromatic carbocycles. The molecule has 0 aliphatic carbocycles. The van der Waals surface area contributed by atoms with E-state index in [0.717, 1.165) is 28.1 Å². The number of hydrogen-bond donors (Lipinski definition) is 0. The number of benzene rings is 4. The molecule has 0 aliphatic heterocycles. The molecule has 0 unspecified atom stereocenters. The molecule has 4 heteroatoms. The Labute approximate surface area is 290 Å². The maximum absolute atomic E-state index is 14.5. The lowest BCUT2D eigenvalue weighted by molar-refractivity contribution is 0.828. The van der Waals surface area contributed by atoms with Crippen molar-refractivity contribution >= 4 is 38.8 Å². The second-order valence-corrected chi connectivity index (χ2v) is 14.7. The van der Waals surface area contributed by atoms with E-state index in [0.29, 0.717) is 50.9 Å². The van der Waals surface area contributed by atoms with Crippen molar-refractivity contribution in [2.24, 2.45) is 0 Å². The van der Waals surface area contributed by atoms with E-state index in [1.54, 1.807) is 6.08 Å². The molecule has 0 atom stereocenters. The van der Waals surface area contributed by atoms with Gasteiger partial charge in [0.15, 0.2) is 10.9 Å². The van der Waals surface area contributed by atoms with Crippen LogP contribution in [0, 0.1) is 6.92 Å². The lowest BCUT2D eigenvalue weighted by atomic mass is 9.94. The van der Waals surface area contributed by atoms with E-state index in [9.17, 15) is 9.59 Å². The van der Waals surface area contributed by atoms with Crippen molar-refractivity contribution in [2.45, 2.75) is 86.0 Å². The molecule has 250 valence electrons. The van der Waals surface area contributed by atoms with E-state index in [1.165, 1.54) is 22.3 Å². The molecule has 0 saturated carbocycles. The summed E-state index contributed by atoms with van der Waals surface area (Å²) in [5.41, 5.74) is 10.5. The van der Waals surface area contributed by atoms with Gasteiger partial charge >= 0.3 is 0 Å². The third-order valence-electron chi connectivity index (χ3n) is 9.94. The number of rotatable bonds is 8. The van der Waals surface area contributed by atoms with Crippen LogP contribution in [-0.4, -0.2) is 9.13 Å². The van der Waals surface area contributed by atoms with Crippen molar-refractivity contribution in [3.8, 4) is 11.4 Å². The van der Waals surface area contributed by atoms with Crippen LogP contribution in [0.5, 0.6) is 0 Å². The van der Waals surface area contributed by atoms with Gasteiger partial charge in [-0.3, -0.25) is 9.59 Å². The summed E-state index contributed by atoms with van der Waals surface area (Å²) < 4.78 is 4.35. The maximum atomic E-state index is 14.5. The first-order valence-electron chi connectivity index (χ1n) is 17.6. The fraction of sp³-hybridized carbons (Fsp3) is 0.289. The summed E-state index contributed by atoms with van der Waals surface area (Å²) >= 11 is 0. The van der Waals surface area contributed by atoms with Gasteiger partial charge in [0.05, 0.1) is 22.2 Å². The first-order chi connectivity index (χ1) is 23.3. The molecule has 0 bridgehead atoms. The zero-order chi connectivity index (χ0) is 35.3. The topological polar surface area (TPSA) is 44.0 Å². The fourth-order valence-electron chi connectivity index (χ4n) is 6.89. The van der Waals surface area contributed by atoms with Crippen molar-refractivity contribution in [2.75, 3.05) is 0 Å². The number of aromatic nitrogens is 2. The molecule has 0 aliphatic rings. The molecule has 0 saturated heterocycles. The summed E-state index contributed by atoms with van der Waals surface area (Å²) in [7, 11) is 0. The largest absolute Gasteiger partial charge is 0.309 e. The smallest absolute Gasteiger partial charge is 0.197 e. The number of pyridine rings is 2. The molecule has 0 radical (unpaired) electrons. The van der Waals surface area contributed by atoms with Crippen LogP contribution in [0.1, 0.15) is 113 Å². The van der Waals surface area contributed by atoms with Gasteiger partial charge in [-0.25, -0.2) is 0 Å². The van der Waals surface area contributed by atoms with E-state index in [-0.39, 0.29) is 10.9 Å². The van der Waals surface area contributed by atoms with Crippen LogP contribution in [0.3, 0.4) is 0 Å². The van der Waals surface area contributed by atoms with Crippen molar-refractivity contribution in [3.63, 3.8) is 0 Å². The number of nitrogens with zero attached hydrogens (tertiary/aromatic N) is 2.